The Morgan fingerprint density at radius 2 is 1.85 bits per heavy atom. The monoisotopic (exact) mass is 555 g/mol. The first kappa shape index (κ1) is 27.3. The number of amides is 2. The van der Waals surface area contributed by atoms with Gasteiger partial charge < -0.3 is 30.3 Å². The summed E-state index contributed by atoms with van der Waals surface area (Å²) in [6, 6.07) is 7.46. The fraction of sp³-hybridized carbons (Fsp3) is 0.407. The molecule has 2 aliphatic rings. The van der Waals surface area contributed by atoms with Gasteiger partial charge in [0.25, 0.3) is 11.8 Å². The van der Waals surface area contributed by atoms with Crippen LogP contribution in [0.1, 0.15) is 52.1 Å². The van der Waals surface area contributed by atoms with Crippen molar-refractivity contribution in [2.24, 2.45) is 7.05 Å². The minimum Gasteiger partial charge on any atom is -0.395 e. The van der Waals surface area contributed by atoms with Gasteiger partial charge in [-0.2, -0.15) is 5.10 Å². The number of nitrogens with one attached hydrogen (secondary N) is 3. The third-order valence-electron chi connectivity index (χ3n) is 6.74. The van der Waals surface area contributed by atoms with Crippen LogP contribution in [0.2, 0.25) is 0 Å². The molecule has 2 amide bonds. The molecule has 0 aliphatic carbocycles. The molecule has 2 aromatic heterocycles. The van der Waals surface area contributed by atoms with Crippen LogP contribution in [0.15, 0.2) is 42.7 Å². The van der Waals surface area contributed by atoms with E-state index in [1.54, 1.807) is 25.4 Å². The standard InChI is InChI=1S/C27H31F2N7O4/c1-35-24(20(17-33-35)25(37)34-19-6-7-22-23(15-19)40-27(28,29)39-22)32-16-18-8-10-30-21(14-18)26(38)31-9-2-3-11-36-12-4-5-13-36/h6-8,10,14-15,17,32H,2-5,9,11-13,16H2,1H3,(H,31,38)(H,34,37). The normalized spacial score (nSPS) is 15.7. The zero-order valence-electron chi connectivity index (χ0n) is 22.1. The molecule has 3 N–H and O–H groups in total. The second kappa shape index (κ2) is 11.9. The first-order valence-electron chi connectivity index (χ1n) is 13.2. The summed E-state index contributed by atoms with van der Waals surface area (Å²) in [6.45, 7) is 4.31. The number of fused-ring (bicyclic) bond motifs is 1. The summed E-state index contributed by atoms with van der Waals surface area (Å²) in [5.74, 6) is -0.585. The predicted octanol–water partition coefficient (Wildman–Crippen LogP) is 3.61. The Morgan fingerprint density at radius 3 is 2.67 bits per heavy atom. The lowest BCUT2D eigenvalue weighted by molar-refractivity contribution is -0.286. The van der Waals surface area contributed by atoms with E-state index in [0.29, 0.717) is 24.6 Å². The highest BCUT2D eigenvalue weighted by Crippen LogP contribution is 2.42. The van der Waals surface area contributed by atoms with Crippen LogP contribution in [0.4, 0.5) is 20.3 Å². The van der Waals surface area contributed by atoms with Gasteiger partial charge in [0.1, 0.15) is 17.1 Å². The lowest BCUT2D eigenvalue weighted by atomic mass is 10.2. The zero-order valence-corrected chi connectivity index (χ0v) is 22.1. The summed E-state index contributed by atoms with van der Waals surface area (Å²) >= 11 is 0. The summed E-state index contributed by atoms with van der Waals surface area (Å²) in [7, 11) is 1.68. The van der Waals surface area contributed by atoms with Gasteiger partial charge in [0, 0.05) is 38.1 Å². The van der Waals surface area contributed by atoms with Crippen molar-refractivity contribution in [2.45, 2.75) is 38.5 Å². The molecule has 1 aromatic carbocycles. The van der Waals surface area contributed by atoms with E-state index in [2.05, 4.69) is 40.4 Å². The molecule has 0 spiro atoms. The van der Waals surface area contributed by atoms with Crippen LogP contribution in [0.25, 0.3) is 0 Å². The van der Waals surface area contributed by atoms with Crippen molar-refractivity contribution in [3.63, 3.8) is 0 Å². The van der Waals surface area contributed by atoms with Gasteiger partial charge >= 0.3 is 6.29 Å². The molecule has 0 bridgehead atoms. The fourth-order valence-corrected chi connectivity index (χ4v) is 4.69. The van der Waals surface area contributed by atoms with E-state index in [-0.39, 0.29) is 28.7 Å². The van der Waals surface area contributed by atoms with E-state index in [1.807, 2.05) is 0 Å². The van der Waals surface area contributed by atoms with Gasteiger partial charge in [0.05, 0.1) is 6.20 Å². The molecule has 0 atom stereocenters. The summed E-state index contributed by atoms with van der Waals surface area (Å²) in [6.07, 6.45) is 3.72. The van der Waals surface area contributed by atoms with Crippen LogP contribution in [-0.4, -0.2) is 64.0 Å². The van der Waals surface area contributed by atoms with Crippen molar-refractivity contribution in [1.29, 1.82) is 0 Å². The Balaban J connectivity index is 1.14. The minimum atomic E-state index is -3.74. The van der Waals surface area contributed by atoms with Gasteiger partial charge in [-0.3, -0.25) is 19.3 Å². The number of rotatable bonds is 11. The average Bonchev–Trinajstić information content (AvgIpc) is 3.65. The summed E-state index contributed by atoms with van der Waals surface area (Å²) in [5, 5.41) is 12.9. The smallest absolute Gasteiger partial charge is 0.395 e. The zero-order chi connectivity index (χ0) is 28.1. The number of alkyl halides is 2. The Morgan fingerprint density at radius 1 is 1.05 bits per heavy atom. The highest BCUT2D eigenvalue weighted by atomic mass is 19.3. The molecule has 0 saturated carbocycles. The number of carbonyl (C=O) groups excluding carboxylic acids is 2. The van der Waals surface area contributed by atoms with Crippen LogP contribution < -0.4 is 25.4 Å². The lowest BCUT2D eigenvalue weighted by Crippen LogP contribution is -2.27. The van der Waals surface area contributed by atoms with E-state index >= 15 is 0 Å². The van der Waals surface area contributed by atoms with Gasteiger partial charge in [-0.25, -0.2) is 0 Å². The number of likely N-dealkylation sites (tertiary alicyclic amines) is 1. The molecule has 40 heavy (non-hydrogen) atoms. The molecule has 5 rings (SSSR count). The highest BCUT2D eigenvalue weighted by molar-refractivity contribution is 6.07. The van der Waals surface area contributed by atoms with Gasteiger partial charge in [-0.1, -0.05) is 0 Å². The Bertz CT molecular complexity index is 1370. The minimum absolute atomic E-state index is 0.116. The highest BCUT2D eigenvalue weighted by Gasteiger charge is 2.43. The van der Waals surface area contributed by atoms with Gasteiger partial charge in [0.15, 0.2) is 11.5 Å². The second-order valence-corrected chi connectivity index (χ2v) is 9.73. The topological polar surface area (TPSA) is 123 Å². The Hall–Kier alpha value is -4.26. The molecule has 212 valence electrons. The summed E-state index contributed by atoms with van der Waals surface area (Å²) in [4.78, 5) is 32.2. The van der Waals surface area contributed by atoms with Crippen LogP contribution in [-0.2, 0) is 13.6 Å². The molecule has 2 aliphatic heterocycles. The predicted molar refractivity (Wildman–Crippen MR) is 143 cm³/mol. The van der Waals surface area contributed by atoms with Gasteiger partial charge in [0.2, 0.25) is 0 Å². The molecule has 1 saturated heterocycles. The van der Waals surface area contributed by atoms with Gasteiger partial charge in [-0.15, -0.1) is 8.78 Å². The average molecular weight is 556 g/mol. The lowest BCUT2D eigenvalue weighted by Gasteiger charge is -2.14. The van der Waals surface area contributed by atoms with Crippen molar-refractivity contribution in [3.05, 3.63) is 59.5 Å². The Kier molecular flexibility index (Phi) is 8.10. The summed E-state index contributed by atoms with van der Waals surface area (Å²) in [5.41, 5.74) is 1.60. The first-order valence-corrected chi connectivity index (χ1v) is 13.2. The second-order valence-electron chi connectivity index (χ2n) is 9.73. The van der Waals surface area contributed by atoms with Crippen molar-refractivity contribution in [3.8, 4) is 11.5 Å². The SMILES string of the molecule is Cn1ncc(C(=O)Nc2ccc3c(c2)OC(F)(F)O3)c1NCc1ccnc(C(=O)NCCCCN2CCCC2)c1. The maximum atomic E-state index is 13.3. The number of halogens is 2. The van der Waals surface area contributed by atoms with Crippen LogP contribution in [0, 0.1) is 0 Å². The number of aryl methyl sites for hydroxylation is 1. The van der Waals surface area contributed by atoms with Crippen molar-refractivity contribution >= 4 is 23.3 Å². The molecule has 0 radical (unpaired) electrons. The first-order chi connectivity index (χ1) is 19.3. The number of nitrogens with zero attached hydrogens (tertiary/aromatic N) is 4. The number of benzene rings is 1. The van der Waals surface area contributed by atoms with E-state index < -0.39 is 12.2 Å². The molecule has 0 unspecified atom stereocenters. The number of unbranched alkanes of at least 4 members (excludes halogenated alkanes) is 1. The molecule has 13 heteroatoms. The quantitative estimate of drug-likeness (QED) is 0.307. The number of pyridine rings is 1. The van der Waals surface area contributed by atoms with Crippen LogP contribution >= 0.6 is 0 Å². The largest absolute Gasteiger partial charge is 0.586 e. The summed E-state index contributed by atoms with van der Waals surface area (Å²) < 4.78 is 36.9. The van der Waals surface area contributed by atoms with Crippen molar-refractivity contribution < 1.29 is 27.8 Å². The molecule has 1 fully saturated rings. The van der Waals surface area contributed by atoms with E-state index in [4.69, 9.17) is 0 Å². The van der Waals surface area contributed by atoms with E-state index in [1.165, 1.54) is 55.0 Å². The maximum absolute atomic E-state index is 13.3. The van der Waals surface area contributed by atoms with Crippen molar-refractivity contribution in [2.75, 3.05) is 36.8 Å². The Labute approximate surface area is 229 Å². The number of aromatic nitrogens is 3. The number of ether oxygens (including phenoxy) is 2. The third kappa shape index (κ3) is 6.65. The van der Waals surface area contributed by atoms with Crippen molar-refractivity contribution in [1.82, 2.24) is 25.0 Å². The molecular formula is C27H31F2N7O4. The van der Waals surface area contributed by atoms with Gasteiger partial charge in [-0.05, 0) is 75.1 Å². The van der Waals surface area contributed by atoms with Crippen LogP contribution in [0.5, 0.6) is 11.5 Å². The third-order valence-corrected chi connectivity index (χ3v) is 6.74. The molecule has 4 heterocycles. The van der Waals surface area contributed by atoms with E-state index in [0.717, 1.165) is 24.9 Å². The number of hydrogen-bond acceptors (Lipinski definition) is 8. The molecule has 3 aromatic rings. The number of anilines is 2. The maximum Gasteiger partial charge on any atom is 0.586 e. The fourth-order valence-electron chi connectivity index (χ4n) is 4.69. The number of carbonyl (C=O) groups is 2. The van der Waals surface area contributed by atoms with Crippen LogP contribution in [0.3, 0.4) is 0 Å². The number of hydrogen-bond donors (Lipinski definition) is 3. The molecular weight excluding hydrogens is 524 g/mol. The molecule has 11 nitrogen and oxygen atoms in total. The van der Waals surface area contributed by atoms with E-state index in [9.17, 15) is 18.4 Å².